The van der Waals surface area contributed by atoms with Gasteiger partial charge in [0.15, 0.2) is 0 Å². The third-order valence-electron chi connectivity index (χ3n) is 3.51. The Labute approximate surface area is 127 Å². The Kier molecular flexibility index (Phi) is 3.40. The van der Waals surface area contributed by atoms with Gasteiger partial charge in [0.25, 0.3) is 0 Å². The molecule has 0 aliphatic rings. The number of allylic oxidation sites excluding steroid dienone is 1. The lowest BCUT2D eigenvalue weighted by molar-refractivity contribution is 0.476. The van der Waals surface area contributed by atoms with E-state index in [9.17, 15) is 14.8 Å². The summed E-state index contributed by atoms with van der Waals surface area (Å²) in [4.78, 5) is 0. The largest absolute Gasteiger partial charge is 0.508 e. The Hall–Kier alpha value is -3.06. The van der Waals surface area contributed by atoms with Crippen LogP contribution in [0.5, 0.6) is 5.75 Å². The fourth-order valence-electron chi connectivity index (χ4n) is 2.60. The van der Waals surface area contributed by atoms with E-state index in [1.54, 1.807) is 30.3 Å². The van der Waals surface area contributed by atoms with E-state index in [2.05, 4.69) is 6.07 Å². The van der Waals surface area contributed by atoms with Crippen LogP contribution in [0.4, 0.5) is 4.39 Å². The second-order valence-electron chi connectivity index (χ2n) is 4.89. The van der Waals surface area contributed by atoms with Crippen LogP contribution >= 0.6 is 0 Å². The van der Waals surface area contributed by atoms with E-state index in [4.69, 9.17) is 0 Å². The van der Waals surface area contributed by atoms with Crippen LogP contribution in [0.3, 0.4) is 0 Å². The molecular formula is C18H13FN2O. The van der Waals surface area contributed by atoms with Gasteiger partial charge in [-0.2, -0.15) is 5.26 Å². The molecule has 0 aliphatic heterocycles. The summed E-state index contributed by atoms with van der Waals surface area (Å²) < 4.78 is 15.1. The third-order valence-corrected chi connectivity index (χ3v) is 3.51. The van der Waals surface area contributed by atoms with Crippen molar-refractivity contribution in [3.05, 3.63) is 65.6 Å². The van der Waals surface area contributed by atoms with Crippen LogP contribution in [0.1, 0.15) is 18.2 Å². The van der Waals surface area contributed by atoms with Crippen molar-refractivity contribution < 1.29 is 9.50 Å². The number of aromatic nitrogens is 1. The number of hydrogen-bond acceptors (Lipinski definition) is 2. The van der Waals surface area contributed by atoms with Crippen molar-refractivity contribution >= 4 is 17.0 Å². The summed E-state index contributed by atoms with van der Waals surface area (Å²) in [6, 6.07) is 13.2. The average Bonchev–Trinajstić information content (AvgIpc) is 2.81. The zero-order chi connectivity index (χ0) is 15.7. The number of aromatic hydroxyl groups is 1. The molecule has 0 atom stereocenters. The van der Waals surface area contributed by atoms with Gasteiger partial charge in [-0.05, 0) is 55.5 Å². The second-order valence-corrected chi connectivity index (χ2v) is 4.89. The molecule has 0 saturated heterocycles. The standard InChI is InChI=1S/C18H13FN2O/c1-2-3-17-16(11-20)15-10-14(22)8-9-18(15)21(17)13-6-4-12(19)5-7-13/h2-10,22H,1H3/b3-2+. The molecule has 3 rings (SSSR count). The molecule has 0 saturated carbocycles. The fourth-order valence-corrected chi connectivity index (χ4v) is 2.60. The predicted molar refractivity (Wildman–Crippen MR) is 84.3 cm³/mol. The summed E-state index contributed by atoms with van der Waals surface area (Å²) in [7, 11) is 0. The van der Waals surface area contributed by atoms with Crippen molar-refractivity contribution in [1.29, 1.82) is 5.26 Å². The highest BCUT2D eigenvalue weighted by atomic mass is 19.1. The van der Waals surface area contributed by atoms with E-state index in [1.807, 2.05) is 23.6 Å². The number of nitriles is 1. The van der Waals surface area contributed by atoms with E-state index in [0.29, 0.717) is 16.6 Å². The van der Waals surface area contributed by atoms with E-state index in [-0.39, 0.29) is 11.6 Å². The Morgan fingerprint density at radius 3 is 2.55 bits per heavy atom. The molecule has 0 radical (unpaired) electrons. The molecule has 0 aliphatic carbocycles. The molecule has 2 aromatic carbocycles. The SMILES string of the molecule is C/C=C/c1c(C#N)c2cc(O)ccc2n1-c1ccc(F)cc1. The first-order valence-electron chi connectivity index (χ1n) is 6.82. The van der Waals surface area contributed by atoms with Crippen molar-refractivity contribution in [2.75, 3.05) is 0 Å². The molecule has 4 heteroatoms. The number of rotatable bonds is 2. The van der Waals surface area contributed by atoms with Crippen LogP contribution in [-0.4, -0.2) is 9.67 Å². The minimum absolute atomic E-state index is 0.104. The Morgan fingerprint density at radius 2 is 1.91 bits per heavy atom. The topological polar surface area (TPSA) is 48.9 Å². The first-order chi connectivity index (χ1) is 10.7. The van der Waals surface area contributed by atoms with Crippen molar-refractivity contribution in [2.24, 2.45) is 0 Å². The molecule has 1 aromatic heterocycles. The van der Waals surface area contributed by atoms with Gasteiger partial charge >= 0.3 is 0 Å². The lowest BCUT2D eigenvalue weighted by Crippen LogP contribution is -1.97. The van der Waals surface area contributed by atoms with Crippen LogP contribution in [0, 0.1) is 17.1 Å². The summed E-state index contributed by atoms with van der Waals surface area (Å²) in [6.45, 7) is 1.87. The Balaban J connectivity index is 2.44. The smallest absolute Gasteiger partial charge is 0.123 e. The number of nitrogens with zero attached hydrogens (tertiary/aromatic N) is 2. The van der Waals surface area contributed by atoms with E-state index in [0.717, 1.165) is 11.2 Å². The van der Waals surface area contributed by atoms with Gasteiger partial charge in [-0.15, -0.1) is 0 Å². The molecule has 0 unspecified atom stereocenters. The molecular weight excluding hydrogens is 279 g/mol. The summed E-state index contributed by atoms with van der Waals surface area (Å²) >= 11 is 0. The van der Waals surface area contributed by atoms with Gasteiger partial charge < -0.3 is 9.67 Å². The highest BCUT2D eigenvalue weighted by Crippen LogP contribution is 2.32. The molecule has 0 fully saturated rings. The van der Waals surface area contributed by atoms with Crippen LogP contribution in [0.25, 0.3) is 22.7 Å². The number of hydrogen-bond donors (Lipinski definition) is 1. The van der Waals surface area contributed by atoms with Crippen LogP contribution in [0.15, 0.2) is 48.5 Å². The van der Waals surface area contributed by atoms with E-state index >= 15 is 0 Å². The maximum Gasteiger partial charge on any atom is 0.123 e. The lowest BCUT2D eigenvalue weighted by atomic mass is 10.1. The highest BCUT2D eigenvalue weighted by Gasteiger charge is 2.16. The summed E-state index contributed by atoms with van der Waals surface area (Å²) in [6.07, 6.45) is 3.67. The molecule has 1 heterocycles. The summed E-state index contributed by atoms with van der Waals surface area (Å²) in [5.41, 5.74) is 2.73. The van der Waals surface area contributed by atoms with Crippen molar-refractivity contribution in [2.45, 2.75) is 6.92 Å². The normalized spacial score (nSPS) is 11.1. The Bertz CT molecular complexity index is 915. The molecule has 0 amide bonds. The molecule has 22 heavy (non-hydrogen) atoms. The number of halogens is 1. The Morgan fingerprint density at radius 1 is 1.18 bits per heavy atom. The van der Waals surface area contributed by atoms with Gasteiger partial charge in [0.2, 0.25) is 0 Å². The third kappa shape index (κ3) is 2.13. The van der Waals surface area contributed by atoms with Crippen LogP contribution < -0.4 is 0 Å². The summed E-state index contributed by atoms with van der Waals surface area (Å²) in [5.74, 6) is -0.210. The first kappa shape index (κ1) is 13.9. The number of phenols is 1. The maximum absolute atomic E-state index is 13.2. The van der Waals surface area contributed by atoms with Gasteiger partial charge in [0.05, 0.1) is 16.8 Å². The predicted octanol–water partition coefficient (Wildman–Crippen LogP) is 4.38. The quantitative estimate of drug-likeness (QED) is 0.762. The molecule has 3 nitrogen and oxygen atoms in total. The minimum atomic E-state index is -0.314. The number of benzene rings is 2. The molecule has 0 spiro atoms. The highest BCUT2D eigenvalue weighted by molar-refractivity contribution is 5.93. The molecule has 1 N–H and O–H groups in total. The van der Waals surface area contributed by atoms with Gasteiger partial charge in [-0.1, -0.05) is 6.08 Å². The van der Waals surface area contributed by atoms with E-state index in [1.165, 1.54) is 12.1 Å². The van der Waals surface area contributed by atoms with Crippen molar-refractivity contribution in [1.82, 2.24) is 4.57 Å². The lowest BCUT2D eigenvalue weighted by Gasteiger charge is -2.08. The fraction of sp³-hybridized carbons (Fsp3) is 0.0556. The zero-order valence-corrected chi connectivity index (χ0v) is 11.9. The first-order valence-corrected chi connectivity index (χ1v) is 6.82. The second kappa shape index (κ2) is 5.38. The van der Waals surface area contributed by atoms with Gasteiger partial charge in [-0.25, -0.2) is 4.39 Å². The van der Waals surface area contributed by atoms with Crippen molar-refractivity contribution in [3.63, 3.8) is 0 Å². The van der Waals surface area contributed by atoms with E-state index < -0.39 is 0 Å². The average molecular weight is 292 g/mol. The summed E-state index contributed by atoms with van der Waals surface area (Å²) in [5, 5.41) is 19.9. The molecule has 0 bridgehead atoms. The molecule has 108 valence electrons. The maximum atomic E-state index is 13.2. The number of fused-ring (bicyclic) bond motifs is 1. The van der Waals surface area contributed by atoms with Gasteiger partial charge in [-0.3, -0.25) is 0 Å². The number of phenolic OH excluding ortho intramolecular Hbond substituents is 1. The van der Waals surface area contributed by atoms with Gasteiger partial charge in [0.1, 0.15) is 17.6 Å². The van der Waals surface area contributed by atoms with Crippen LogP contribution in [-0.2, 0) is 0 Å². The van der Waals surface area contributed by atoms with Crippen LogP contribution in [0.2, 0.25) is 0 Å². The van der Waals surface area contributed by atoms with Gasteiger partial charge in [0, 0.05) is 11.1 Å². The van der Waals surface area contributed by atoms with Crippen molar-refractivity contribution in [3.8, 4) is 17.5 Å². The molecule has 3 aromatic rings. The minimum Gasteiger partial charge on any atom is -0.508 e. The monoisotopic (exact) mass is 292 g/mol. The zero-order valence-electron chi connectivity index (χ0n) is 11.9.